The molecule has 1 fully saturated rings. The molecule has 3 aromatic rings. The maximum Gasteiger partial charge on any atom is 0.245 e. The lowest BCUT2D eigenvalue weighted by atomic mass is 9.90. The highest BCUT2D eigenvalue weighted by Gasteiger charge is 2.17. The van der Waals surface area contributed by atoms with Crippen LogP contribution in [0.15, 0.2) is 42.6 Å². The van der Waals surface area contributed by atoms with Crippen molar-refractivity contribution >= 4 is 34.5 Å². The number of nitrogens with zero attached hydrogens (tertiary/aromatic N) is 3. The fourth-order valence-electron chi connectivity index (χ4n) is 4.02. The number of para-hydroxylation sites is 2. The van der Waals surface area contributed by atoms with E-state index in [1.807, 2.05) is 47.2 Å². The van der Waals surface area contributed by atoms with E-state index in [2.05, 4.69) is 15.3 Å². The summed E-state index contributed by atoms with van der Waals surface area (Å²) in [5, 5.41) is 2.94. The second-order valence-corrected chi connectivity index (χ2v) is 8.62. The van der Waals surface area contributed by atoms with E-state index in [0.29, 0.717) is 24.1 Å². The molecule has 2 heterocycles. The Labute approximate surface area is 181 Å². The van der Waals surface area contributed by atoms with Crippen molar-refractivity contribution in [2.75, 3.05) is 18.2 Å². The molecule has 1 aliphatic rings. The molecule has 0 unspecified atom stereocenters. The Morgan fingerprint density at radius 2 is 2.03 bits per heavy atom. The molecule has 6 nitrogen and oxygen atoms in total. The van der Waals surface area contributed by atoms with Crippen LogP contribution in [0.1, 0.15) is 37.9 Å². The lowest BCUT2D eigenvalue weighted by molar-refractivity contribution is -0.116. The summed E-state index contributed by atoms with van der Waals surface area (Å²) < 4.78 is 8.02. The molecule has 1 aromatic carbocycles. The molecule has 30 heavy (non-hydrogen) atoms. The van der Waals surface area contributed by atoms with Crippen LogP contribution in [0.25, 0.3) is 11.0 Å². The molecule has 7 heteroatoms. The number of carbonyl (C=O) groups excluding carboxylic acids is 1. The van der Waals surface area contributed by atoms with Gasteiger partial charge in [0.15, 0.2) is 11.6 Å². The van der Waals surface area contributed by atoms with Crippen LogP contribution in [0.5, 0.6) is 5.75 Å². The van der Waals surface area contributed by atoms with Crippen molar-refractivity contribution in [3.8, 4) is 5.75 Å². The molecule has 0 saturated heterocycles. The molecule has 1 N–H and O–H groups in total. The topological polar surface area (TPSA) is 69.0 Å². The predicted octanol–water partition coefficient (Wildman–Crippen LogP) is 4.89. The number of anilines is 1. The third-order valence-corrected chi connectivity index (χ3v) is 6.08. The number of ether oxygens (including phenoxy) is 1. The van der Waals surface area contributed by atoms with Gasteiger partial charge in [-0.05, 0) is 49.3 Å². The van der Waals surface area contributed by atoms with Crippen molar-refractivity contribution < 1.29 is 9.53 Å². The monoisotopic (exact) mass is 424 g/mol. The first kappa shape index (κ1) is 20.7. The number of fused-ring (bicyclic) bond motifs is 1. The lowest BCUT2D eigenvalue weighted by Gasteiger charge is -2.22. The molecule has 0 spiro atoms. The zero-order valence-corrected chi connectivity index (χ0v) is 18.2. The third-order valence-electron chi connectivity index (χ3n) is 5.54. The van der Waals surface area contributed by atoms with Crippen molar-refractivity contribution in [2.24, 2.45) is 5.92 Å². The van der Waals surface area contributed by atoms with Crippen molar-refractivity contribution in [3.63, 3.8) is 0 Å². The van der Waals surface area contributed by atoms with Crippen molar-refractivity contribution in [1.82, 2.24) is 14.5 Å². The van der Waals surface area contributed by atoms with Gasteiger partial charge < -0.3 is 14.6 Å². The second kappa shape index (κ2) is 9.98. The van der Waals surface area contributed by atoms with Gasteiger partial charge in [-0.15, -0.1) is 0 Å². The summed E-state index contributed by atoms with van der Waals surface area (Å²) in [6.45, 7) is 0.869. The molecular formula is C23H28N4O2S. The summed E-state index contributed by atoms with van der Waals surface area (Å²) in [7, 11) is 0. The minimum Gasteiger partial charge on any atom is -0.489 e. The molecule has 1 amide bonds. The van der Waals surface area contributed by atoms with Crippen LogP contribution in [0, 0.1) is 5.92 Å². The third kappa shape index (κ3) is 4.95. The quantitative estimate of drug-likeness (QED) is 0.557. The number of pyridine rings is 1. The number of nitrogens with one attached hydrogen (secondary N) is 1. The minimum atomic E-state index is -0.137. The van der Waals surface area contributed by atoms with E-state index in [9.17, 15) is 4.79 Å². The van der Waals surface area contributed by atoms with Crippen LogP contribution in [0.4, 0.5) is 5.82 Å². The van der Waals surface area contributed by atoms with Crippen LogP contribution in [-0.4, -0.2) is 33.3 Å². The normalized spacial score (nSPS) is 14.7. The van der Waals surface area contributed by atoms with Gasteiger partial charge in [0.05, 0.1) is 23.4 Å². The van der Waals surface area contributed by atoms with Crippen LogP contribution in [0.2, 0.25) is 0 Å². The predicted molar refractivity (Wildman–Crippen MR) is 122 cm³/mol. The molecule has 158 valence electrons. The molecule has 0 bridgehead atoms. The van der Waals surface area contributed by atoms with Gasteiger partial charge in [0.1, 0.15) is 12.4 Å². The Hall–Kier alpha value is -2.54. The number of carbonyl (C=O) groups is 1. The molecule has 1 saturated carbocycles. The number of amides is 1. The molecule has 1 aliphatic carbocycles. The van der Waals surface area contributed by atoms with Crippen molar-refractivity contribution in [3.05, 3.63) is 48.4 Å². The number of hydrogen-bond donors (Lipinski definition) is 1. The van der Waals surface area contributed by atoms with E-state index in [1.165, 1.54) is 32.1 Å². The number of rotatable bonds is 8. The van der Waals surface area contributed by atoms with Crippen LogP contribution < -0.4 is 10.1 Å². The highest BCUT2D eigenvalue weighted by atomic mass is 32.2. The fourth-order valence-corrected chi connectivity index (χ4v) is 4.50. The summed E-state index contributed by atoms with van der Waals surface area (Å²) in [6.07, 6.45) is 10.0. The molecular weight excluding hydrogens is 396 g/mol. The molecule has 4 rings (SSSR count). The zero-order valence-electron chi connectivity index (χ0n) is 17.3. The van der Waals surface area contributed by atoms with E-state index in [0.717, 1.165) is 22.6 Å². The van der Waals surface area contributed by atoms with Gasteiger partial charge in [0.25, 0.3) is 0 Å². The fraction of sp³-hybridized carbons (Fsp3) is 0.435. The van der Waals surface area contributed by atoms with E-state index in [1.54, 1.807) is 18.0 Å². The SMILES string of the molecule is CSCc1nc2ccccc2n1CC(=O)Nc1ncccc1OCC1CCCCC1. The molecule has 2 aromatic heterocycles. The van der Waals surface area contributed by atoms with Gasteiger partial charge in [-0.1, -0.05) is 31.4 Å². The van der Waals surface area contributed by atoms with Crippen LogP contribution >= 0.6 is 11.8 Å². The zero-order chi connectivity index (χ0) is 20.8. The summed E-state index contributed by atoms with van der Waals surface area (Å²) in [5.74, 6) is 3.22. The van der Waals surface area contributed by atoms with E-state index in [-0.39, 0.29) is 12.5 Å². The summed E-state index contributed by atoms with van der Waals surface area (Å²) in [5.41, 5.74) is 1.87. The molecule has 0 atom stereocenters. The van der Waals surface area contributed by atoms with E-state index in [4.69, 9.17) is 4.74 Å². The summed E-state index contributed by atoms with van der Waals surface area (Å²) >= 11 is 1.69. The number of thioether (sulfide) groups is 1. The van der Waals surface area contributed by atoms with E-state index >= 15 is 0 Å². The first-order valence-corrected chi connectivity index (χ1v) is 11.9. The Balaban J connectivity index is 1.46. The van der Waals surface area contributed by atoms with Gasteiger partial charge in [-0.2, -0.15) is 11.8 Å². The number of aromatic nitrogens is 3. The first-order chi connectivity index (χ1) is 14.7. The molecule has 0 radical (unpaired) electrons. The van der Waals surface area contributed by atoms with Gasteiger partial charge in [0.2, 0.25) is 5.91 Å². The van der Waals surface area contributed by atoms with Crippen molar-refractivity contribution in [1.29, 1.82) is 0 Å². The second-order valence-electron chi connectivity index (χ2n) is 7.75. The average Bonchev–Trinajstić information content (AvgIpc) is 3.11. The Morgan fingerprint density at radius 3 is 2.87 bits per heavy atom. The largest absolute Gasteiger partial charge is 0.489 e. The van der Waals surface area contributed by atoms with Crippen LogP contribution in [-0.2, 0) is 17.1 Å². The first-order valence-electron chi connectivity index (χ1n) is 10.6. The number of imidazole rings is 1. The highest BCUT2D eigenvalue weighted by molar-refractivity contribution is 7.97. The standard InChI is InChI=1S/C23H28N4O2S/c1-30-16-21-25-18-10-5-6-11-19(18)27(21)14-22(28)26-23-20(12-7-13-24-23)29-15-17-8-3-2-4-9-17/h5-7,10-13,17H,2-4,8-9,14-16H2,1H3,(H,24,26,28). The van der Waals surface area contributed by atoms with Gasteiger partial charge in [-0.3, -0.25) is 4.79 Å². The van der Waals surface area contributed by atoms with Gasteiger partial charge in [-0.25, -0.2) is 9.97 Å². The highest BCUT2D eigenvalue weighted by Crippen LogP contribution is 2.27. The molecule has 0 aliphatic heterocycles. The lowest BCUT2D eigenvalue weighted by Crippen LogP contribution is -2.21. The van der Waals surface area contributed by atoms with Crippen LogP contribution in [0.3, 0.4) is 0 Å². The summed E-state index contributed by atoms with van der Waals surface area (Å²) in [6, 6.07) is 11.6. The number of benzene rings is 1. The maximum absolute atomic E-state index is 12.9. The Bertz CT molecular complexity index is 998. The Kier molecular flexibility index (Phi) is 6.89. The summed E-state index contributed by atoms with van der Waals surface area (Å²) in [4.78, 5) is 21.9. The van der Waals surface area contributed by atoms with E-state index < -0.39 is 0 Å². The smallest absolute Gasteiger partial charge is 0.245 e. The Morgan fingerprint density at radius 1 is 1.20 bits per heavy atom. The van der Waals surface area contributed by atoms with Crippen molar-refractivity contribution in [2.45, 2.75) is 44.4 Å². The van der Waals surface area contributed by atoms with Gasteiger partial charge >= 0.3 is 0 Å². The maximum atomic E-state index is 12.9. The minimum absolute atomic E-state index is 0.137. The average molecular weight is 425 g/mol. The number of hydrogen-bond acceptors (Lipinski definition) is 5. The van der Waals surface area contributed by atoms with Gasteiger partial charge in [0, 0.05) is 6.20 Å².